The molecule has 0 spiro atoms. The summed E-state index contributed by atoms with van der Waals surface area (Å²) in [5.41, 5.74) is 4.16. The van der Waals surface area contributed by atoms with Gasteiger partial charge < -0.3 is 0 Å². The highest BCUT2D eigenvalue weighted by Gasteiger charge is 2.18. The third-order valence-corrected chi connectivity index (χ3v) is 6.19. The highest BCUT2D eigenvalue weighted by Crippen LogP contribution is 2.27. The zero-order chi connectivity index (χ0) is 22.0. The number of thioether (sulfide) groups is 1. The number of Topliss-reactive ketones (excluding diaryl/α,β-unsaturated/α-hetero) is 1. The molecule has 0 saturated heterocycles. The van der Waals surface area contributed by atoms with Crippen molar-refractivity contribution in [2.45, 2.75) is 31.8 Å². The first-order valence-corrected chi connectivity index (χ1v) is 11.3. The van der Waals surface area contributed by atoms with Crippen LogP contribution in [0.15, 0.2) is 82.7 Å². The molecule has 4 nitrogen and oxygen atoms in total. The third-order valence-electron chi connectivity index (χ3n) is 5.25. The Balaban J connectivity index is 1.81. The molecule has 4 rings (SSSR count). The second-order valence-corrected chi connectivity index (χ2v) is 8.79. The highest BCUT2D eigenvalue weighted by molar-refractivity contribution is 7.99. The van der Waals surface area contributed by atoms with E-state index in [0.717, 1.165) is 16.8 Å². The minimum Gasteiger partial charge on any atom is -0.293 e. The van der Waals surface area contributed by atoms with Crippen LogP contribution in [0.3, 0.4) is 0 Å². The maximum Gasteiger partial charge on any atom is 0.266 e. The van der Waals surface area contributed by atoms with Crippen LogP contribution in [0.4, 0.5) is 0 Å². The van der Waals surface area contributed by atoms with Gasteiger partial charge in [0.1, 0.15) is 0 Å². The molecule has 156 valence electrons. The lowest BCUT2D eigenvalue weighted by Crippen LogP contribution is -2.23. The molecule has 3 aromatic carbocycles. The average Bonchev–Trinajstić information content (AvgIpc) is 2.78. The molecule has 0 amide bonds. The fourth-order valence-electron chi connectivity index (χ4n) is 3.55. The topological polar surface area (TPSA) is 52.0 Å². The summed E-state index contributed by atoms with van der Waals surface area (Å²) >= 11 is 1.30. The van der Waals surface area contributed by atoms with E-state index in [0.29, 0.717) is 21.6 Å². The molecule has 0 radical (unpaired) electrons. The molecule has 1 aromatic heterocycles. The van der Waals surface area contributed by atoms with E-state index in [1.807, 2.05) is 73.7 Å². The number of carbonyl (C=O) groups excluding carboxylic acids is 1. The summed E-state index contributed by atoms with van der Waals surface area (Å²) in [4.78, 5) is 31.0. The van der Waals surface area contributed by atoms with Gasteiger partial charge in [-0.05, 0) is 36.6 Å². The smallest absolute Gasteiger partial charge is 0.266 e. The second-order valence-electron chi connectivity index (χ2n) is 7.84. The van der Waals surface area contributed by atoms with Crippen molar-refractivity contribution in [1.82, 2.24) is 9.55 Å². The number of hydrogen-bond acceptors (Lipinski definition) is 4. The molecule has 0 atom stereocenters. The summed E-state index contributed by atoms with van der Waals surface area (Å²) in [7, 11) is 0. The van der Waals surface area contributed by atoms with Crippen LogP contribution in [0, 0.1) is 6.92 Å². The number of aromatic nitrogens is 2. The van der Waals surface area contributed by atoms with Crippen molar-refractivity contribution in [2.75, 3.05) is 5.75 Å². The van der Waals surface area contributed by atoms with E-state index < -0.39 is 0 Å². The van der Waals surface area contributed by atoms with E-state index in [2.05, 4.69) is 13.8 Å². The van der Waals surface area contributed by atoms with Crippen molar-refractivity contribution >= 4 is 28.4 Å². The van der Waals surface area contributed by atoms with Crippen molar-refractivity contribution in [2.24, 2.45) is 0 Å². The van der Waals surface area contributed by atoms with Gasteiger partial charge in [0, 0.05) is 5.56 Å². The Kier molecular flexibility index (Phi) is 6.05. The fraction of sp³-hybridized carbons (Fsp3) is 0.192. The molecule has 5 heteroatoms. The van der Waals surface area contributed by atoms with E-state index >= 15 is 0 Å². The number of carbonyl (C=O) groups is 1. The lowest BCUT2D eigenvalue weighted by molar-refractivity contribution is 0.102. The van der Waals surface area contributed by atoms with Crippen molar-refractivity contribution in [3.8, 4) is 5.69 Å². The summed E-state index contributed by atoms with van der Waals surface area (Å²) in [5, 5.41) is 1.09. The molecule has 0 unspecified atom stereocenters. The summed E-state index contributed by atoms with van der Waals surface area (Å²) in [6.07, 6.45) is 0. The van der Waals surface area contributed by atoms with Crippen LogP contribution >= 0.6 is 11.8 Å². The Hall–Kier alpha value is -3.18. The zero-order valence-electron chi connectivity index (χ0n) is 17.8. The number of hydrogen-bond donors (Lipinski definition) is 0. The third kappa shape index (κ3) is 4.32. The van der Waals surface area contributed by atoms with Gasteiger partial charge in [-0.25, -0.2) is 4.98 Å². The van der Waals surface area contributed by atoms with Crippen molar-refractivity contribution in [3.05, 3.63) is 99.8 Å². The molecule has 0 aliphatic heterocycles. The number of para-hydroxylation sites is 2. The van der Waals surface area contributed by atoms with Crippen molar-refractivity contribution < 1.29 is 4.79 Å². The van der Waals surface area contributed by atoms with Gasteiger partial charge in [-0.1, -0.05) is 85.8 Å². The summed E-state index contributed by atoms with van der Waals surface area (Å²) in [5.74, 6) is 0.454. The standard InChI is InChI=1S/C26H24N2O2S/c1-17(2)20-8-5-7-11-23(20)28-25(30)21-9-4-6-10-22(21)27-26(28)31-16-24(29)19-14-12-18(3)13-15-19/h4-15,17H,16H2,1-3H3. The number of ketones is 1. The molecular formula is C26H24N2O2S. The van der Waals surface area contributed by atoms with E-state index in [4.69, 9.17) is 4.98 Å². The Labute approximate surface area is 186 Å². The van der Waals surface area contributed by atoms with Gasteiger partial charge in [0.2, 0.25) is 0 Å². The molecule has 0 saturated carbocycles. The first-order valence-electron chi connectivity index (χ1n) is 10.3. The maximum absolute atomic E-state index is 13.5. The van der Waals surface area contributed by atoms with E-state index in [9.17, 15) is 9.59 Å². The van der Waals surface area contributed by atoms with Crippen LogP contribution in [0.5, 0.6) is 0 Å². The van der Waals surface area contributed by atoms with Crippen molar-refractivity contribution in [1.29, 1.82) is 0 Å². The van der Waals surface area contributed by atoms with Crippen molar-refractivity contribution in [3.63, 3.8) is 0 Å². The second kappa shape index (κ2) is 8.90. The molecule has 0 N–H and O–H groups in total. The average molecular weight is 429 g/mol. The number of benzene rings is 3. The quantitative estimate of drug-likeness (QED) is 0.221. The largest absolute Gasteiger partial charge is 0.293 e. The summed E-state index contributed by atoms with van der Waals surface area (Å²) in [6, 6.07) is 22.8. The van der Waals surface area contributed by atoms with Crippen LogP contribution in [0.25, 0.3) is 16.6 Å². The minimum absolute atomic E-state index is 0.0103. The Morgan fingerprint density at radius 2 is 1.65 bits per heavy atom. The molecule has 1 heterocycles. The molecule has 0 aliphatic rings. The van der Waals surface area contributed by atoms with Gasteiger partial charge in [-0.15, -0.1) is 0 Å². The van der Waals surface area contributed by atoms with E-state index in [-0.39, 0.29) is 23.0 Å². The molecule has 0 aliphatic carbocycles. The lowest BCUT2D eigenvalue weighted by Gasteiger charge is -2.18. The predicted octanol–water partition coefficient (Wildman–Crippen LogP) is 5.79. The van der Waals surface area contributed by atoms with Gasteiger partial charge in [-0.2, -0.15) is 0 Å². The molecular weight excluding hydrogens is 404 g/mol. The highest BCUT2D eigenvalue weighted by atomic mass is 32.2. The van der Waals surface area contributed by atoms with Gasteiger partial charge >= 0.3 is 0 Å². The van der Waals surface area contributed by atoms with Gasteiger partial charge in [-0.3, -0.25) is 14.2 Å². The SMILES string of the molecule is Cc1ccc(C(=O)CSc2nc3ccccc3c(=O)n2-c2ccccc2C(C)C)cc1. The first-order chi connectivity index (χ1) is 15.0. The Morgan fingerprint density at radius 3 is 2.39 bits per heavy atom. The predicted molar refractivity (Wildman–Crippen MR) is 128 cm³/mol. The molecule has 4 aromatic rings. The zero-order valence-corrected chi connectivity index (χ0v) is 18.6. The van der Waals surface area contributed by atoms with E-state index in [1.54, 1.807) is 10.6 Å². The fourth-order valence-corrected chi connectivity index (χ4v) is 4.45. The summed E-state index contributed by atoms with van der Waals surface area (Å²) in [6.45, 7) is 6.20. The van der Waals surface area contributed by atoms with Crippen LogP contribution in [-0.4, -0.2) is 21.1 Å². The van der Waals surface area contributed by atoms with E-state index in [1.165, 1.54) is 11.8 Å². The summed E-state index contributed by atoms with van der Waals surface area (Å²) < 4.78 is 1.66. The number of rotatable bonds is 6. The normalized spacial score (nSPS) is 11.2. The van der Waals surface area contributed by atoms with Crippen LogP contribution in [-0.2, 0) is 0 Å². The number of aryl methyl sites for hydroxylation is 1. The Morgan fingerprint density at radius 1 is 0.968 bits per heavy atom. The molecule has 0 fully saturated rings. The molecule has 0 bridgehead atoms. The maximum atomic E-state index is 13.5. The first kappa shape index (κ1) is 21.1. The van der Waals surface area contributed by atoms with Crippen LogP contribution in [0.2, 0.25) is 0 Å². The molecule has 31 heavy (non-hydrogen) atoms. The van der Waals surface area contributed by atoms with Crippen LogP contribution in [0.1, 0.15) is 41.3 Å². The van der Waals surface area contributed by atoms with Gasteiger partial charge in [0.05, 0.1) is 22.3 Å². The number of nitrogens with zero attached hydrogens (tertiary/aromatic N) is 2. The lowest BCUT2D eigenvalue weighted by atomic mass is 10.0. The Bertz CT molecular complexity index is 1310. The van der Waals surface area contributed by atoms with Gasteiger partial charge in [0.25, 0.3) is 5.56 Å². The van der Waals surface area contributed by atoms with Crippen LogP contribution < -0.4 is 5.56 Å². The minimum atomic E-state index is -0.121. The van der Waals surface area contributed by atoms with Gasteiger partial charge in [0.15, 0.2) is 10.9 Å². The monoisotopic (exact) mass is 428 g/mol. The number of fused-ring (bicyclic) bond motifs is 1.